The van der Waals surface area contributed by atoms with Gasteiger partial charge in [0.2, 0.25) is 23.6 Å². The van der Waals surface area contributed by atoms with E-state index in [0.717, 1.165) is 25.7 Å². The van der Waals surface area contributed by atoms with Gasteiger partial charge in [-0.1, -0.05) is 61.3 Å². The number of rotatable bonds is 28. The highest BCUT2D eigenvalue weighted by molar-refractivity contribution is 5.90. The standard InChI is InChI=1S/C45H84N6O10/c1-17-30(6)38(34(59-15)26-35(52)46-23-21-22-33-27-45(33,60-16)31(7)39(53)47-32(8)42(56)57)51(14)41(55)36(28(2)3)48-40(54)37(29(4)5)49(12)24-19-18-20-25-50(13)43(58)61-44(9,10)11/h28-34,36-38H,17-27H2,1-16H3,(H,46,52)(H,47,53)(H,48,54)(H,56,57)/t30-,31-,32-,33+,34+,36-,37-,38-,45+/m0/s1. The zero-order valence-electron chi connectivity index (χ0n) is 40.5. The molecule has 0 aromatic rings. The number of carboxylic acids is 1. The van der Waals surface area contributed by atoms with Crippen LogP contribution in [0.4, 0.5) is 4.79 Å². The summed E-state index contributed by atoms with van der Waals surface area (Å²) in [6.07, 6.45) is 4.34. The lowest BCUT2D eigenvalue weighted by Crippen LogP contribution is -2.59. The fraction of sp³-hybridized carbons (Fsp3) is 0.867. The molecule has 1 saturated carbocycles. The van der Waals surface area contributed by atoms with Crippen LogP contribution in [0.3, 0.4) is 0 Å². The van der Waals surface area contributed by atoms with Crippen LogP contribution in [0.1, 0.15) is 128 Å². The lowest BCUT2D eigenvalue weighted by atomic mass is 9.89. The molecule has 354 valence electrons. The maximum absolute atomic E-state index is 14.3. The molecule has 0 aliphatic heterocycles. The van der Waals surface area contributed by atoms with Gasteiger partial charge in [-0.3, -0.25) is 28.9 Å². The van der Waals surface area contributed by atoms with Crippen LogP contribution >= 0.6 is 0 Å². The first-order valence-electron chi connectivity index (χ1n) is 22.4. The van der Waals surface area contributed by atoms with Crippen LogP contribution in [-0.4, -0.2) is 152 Å². The normalized spacial score (nSPS) is 19.9. The molecule has 1 rings (SSSR count). The smallest absolute Gasteiger partial charge is 0.410 e. The summed E-state index contributed by atoms with van der Waals surface area (Å²) in [5, 5.41) is 17.8. The topological polar surface area (TPSA) is 196 Å². The number of likely N-dealkylation sites (N-methyl/N-ethyl adjacent to an activating group) is 2. The van der Waals surface area contributed by atoms with E-state index in [1.54, 1.807) is 45.0 Å². The second-order valence-electron chi connectivity index (χ2n) is 19.0. The third-order valence-corrected chi connectivity index (χ3v) is 12.3. The molecule has 1 fully saturated rings. The van der Waals surface area contributed by atoms with Gasteiger partial charge in [-0.15, -0.1) is 0 Å². The van der Waals surface area contributed by atoms with Gasteiger partial charge >= 0.3 is 12.1 Å². The van der Waals surface area contributed by atoms with E-state index in [0.29, 0.717) is 38.9 Å². The van der Waals surface area contributed by atoms with Crippen molar-refractivity contribution in [3.8, 4) is 0 Å². The largest absolute Gasteiger partial charge is 0.480 e. The second kappa shape index (κ2) is 25.6. The minimum atomic E-state index is -1.11. The van der Waals surface area contributed by atoms with Crippen molar-refractivity contribution in [3.63, 3.8) is 0 Å². The minimum Gasteiger partial charge on any atom is -0.480 e. The number of unbranched alkanes of at least 4 members (excludes halogenated alkanes) is 2. The third-order valence-electron chi connectivity index (χ3n) is 12.3. The van der Waals surface area contributed by atoms with Gasteiger partial charge in [0.05, 0.1) is 36.1 Å². The quantitative estimate of drug-likeness (QED) is 0.0780. The molecule has 0 heterocycles. The van der Waals surface area contributed by atoms with Crippen LogP contribution in [0.15, 0.2) is 0 Å². The summed E-state index contributed by atoms with van der Waals surface area (Å²) in [7, 11) is 8.48. The molecule has 1 aliphatic carbocycles. The molecule has 4 N–H and O–H groups in total. The van der Waals surface area contributed by atoms with Crippen LogP contribution in [0, 0.1) is 29.6 Å². The molecule has 0 spiro atoms. The molecule has 0 aromatic heterocycles. The third kappa shape index (κ3) is 17.3. The Labute approximate surface area is 367 Å². The Morgan fingerprint density at radius 3 is 1.95 bits per heavy atom. The molecule has 0 radical (unpaired) electrons. The van der Waals surface area contributed by atoms with Crippen molar-refractivity contribution in [2.75, 3.05) is 55.0 Å². The predicted octanol–water partition coefficient (Wildman–Crippen LogP) is 4.93. The molecule has 61 heavy (non-hydrogen) atoms. The summed E-state index contributed by atoms with van der Waals surface area (Å²) in [4.78, 5) is 83.2. The number of carboxylic acid groups (broad SMARTS) is 1. The number of carbonyl (C=O) groups excluding carboxylic acids is 5. The van der Waals surface area contributed by atoms with E-state index in [1.807, 2.05) is 74.3 Å². The number of hydrogen-bond donors (Lipinski definition) is 4. The van der Waals surface area contributed by atoms with E-state index in [-0.39, 0.29) is 59.8 Å². The molecule has 1 aliphatic rings. The van der Waals surface area contributed by atoms with Crippen molar-refractivity contribution < 1.29 is 48.1 Å². The molecule has 9 atom stereocenters. The summed E-state index contributed by atoms with van der Waals surface area (Å²) in [6, 6.07) is -2.72. The number of nitrogens with one attached hydrogen (secondary N) is 3. The summed E-state index contributed by atoms with van der Waals surface area (Å²) in [5.41, 5.74) is -1.22. The molecule has 16 heteroatoms. The molecular formula is C45H84N6O10. The zero-order chi connectivity index (χ0) is 47.0. The summed E-state index contributed by atoms with van der Waals surface area (Å²) in [5.74, 6) is -2.85. The highest BCUT2D eigenvalue weighted by Gasteiger charge is 2.59. The fourth-order valence-corrected chi connectivity index (χ4v) is 8.25. The molecule has 0 unspecified atom stereocenters. The van der Waals surface area contributed by atoms with E-state index < -0.39 is 53.4 Å². The number of carbonyl (C=O) groups is 6. The van der Waals surface area contributed by atoms with E-state index in [1.165, 1.54) is 6.92 Å². The van der Waals surface area contributed by atoms with E-state index >= 15 is 0 Å². The molecular weight excluding hydrogens is 785 g/mol. The summed E-state index contributed by atoms with van der Waals surface area (Å²) in [6.45, 7) is 22.2. The first-order valence-corrected chi connectivity index (χ1v) is 22.4. The van der Waals surface area contributed by atoms with E-state index in [9.17, 15) is 33.9 Å². The number of aliphatic carboxylic acids is 1. The average Bonchev–Trinajstić information content (AvgIpc) is 3.90. The lowest BCUT2D eigenvalue weighted by molar-refractivity contribution is -0.144. The van der Waals surface area contributed by atoms with Gasteiger partial charge in [-0.2, -0.15) is 0 Å². The summed E-state index contributed by atoms with van der Waals surface area (Å²) >= 11 is 0. The number of hydrogen-bond acceptors (Lipinski definition) is 10. The molecule has 0 aromatic carbocycles. The maximum atomic E-state index is 14.3. The Balaban J connectivity index is 2.88. The van der Waals surface area contributed by atoms with Crippen molar-refractivity contribution in [3.05, 3.63) is 0 Å². The van der Waals surface area contributed by atoms with Crippen LogP contribution in [-0.2, 0) is 38.2 Å². The second-order valence-corrected chi connectivity index (χ2v) is 19.0. The number of amides is 5. The molecule has 0 saturated heterocycles. The van der Waals surface area contributed by atoms with Gasteiger partial charge in [0.1, 0.15) is 17.7 Å². The Morgan fingerprint density at radius 2 is 1.44 bits per heavy atom. The maximum Gasteiger partial charge on any atom is 0.410 e. The molecule has 0 bridgehead atoms. The SMILES string of the molecule is CC[C@H](C)[C@@H]([C@@H](CC(=O)NCCC[C@@H]1C[C@@]1(OC)[C@@H](C)C(=O)N[C@@H](C)C(=O)O)OC)N(C)C(=O)[C@@H](NC(=O)[C@H](C(C)C)N(C)CCCCCN(C)C(=O)OC(C)(C)C)C(C)C. The average molecular weight is 869 g/mol. The Kier molecular flexibility index (Phi) is 23.3. The molecule has 5 amide bonds. The van der Waals surface area contributed by atoms with E-state index in [4.69, 9.17) is 14.2 Å². The lowest BCUT2D eigenvalue weighted by Gasteiger charge is -2.40. The van der Waals surface area contributed by atoms with Gasteiger partial charge < -0.3 is 45.1 Å². The van der Waals surface area contributed by atoms with Crippen molar-refractivity contribution in [2.24, 2.45) is 29.6 Å². The van der Waals surface area contributed by atoms with Crippen LogP contribution < -0.4 is 16.0 Å². The number of nitrogens with zero attached hydrogens (tertiary/aromatic N) is 3. The van der Waals surface area contributed by atoms with Gasteiger partial charge in [-0.25, -0.2) is 4.79 Å². The van der Waals surface area contributed by atoms with Crippen LogP contribution in [0.5, 0.6) is 0 Å². The Bertz CT molecular complexity index is 1420. The van der Waals surface area contributed by atoms with E-state index in [2.05, 4.69) is 16.0 Å². The highest BCUT2D eigenvalue weighted by atomic mass is 16.6. The van der Waals surface area contributed by atoms with Crippen molar-refractivity contribution in [2.45, 2.75) is 169 Å². The van der Waals surface area contributed by atoms with Gasteiger partial charge in [-0.05, 0) is 97.1 Å². The van der Waals surface area contributed by atoms with Gasteiger partial charge in [0.15, 0.2) is 0 Å². The van der Waals surface area contributed by atoms with Crippen molar-refractivity contribution in [1.29, 1.82) is 0 Å². The summed E-state index contributed by atoms with van der Waals surface area (Å²) < 4.78 is 17.1. The zero-order valence-corrected chi connectivity index (χ0v) is 40.5. The van der Waals surface area contributed by atoms with Crippen molar-refractivity contribution in [1.82, 2.24) is 30.7 Å². The fourth-order valence-electron chi connectivity index (χ4n) is 8.25. The number of methoxy groups -OCH3 is 2. The monoisotopic (exact) mass is 869 g/mol. The molecule has 16 nitrogen and oxygen atoms in total. The van der Waals surface area contributed by atoms with Gasteiger partial charge in [0, 0.05) is 41.4 Å². The minimum absolute atomic E-state index is 0.0237. The predicted molar refractivity (Wildman–Crippen MR) is 237 cm³/mol. The highest BCUT2D eigenvalue weighted by Crippen LogP contribution is 2.54. The first-order chi connectivity index (χ1) is 28.3. The Morgan fingerprint density at radius 1 is 0.836 bits per heavy atom. The Hall–Kier alpha value is -3.50. The van der Waals surface area contributed by atoms with Crippen LogP contribution in [0.2, 0.25) is 0 Å². The first kappa shape index (κ1) is 55.5. The number of ether oxygens (including phenoxy) is 3. The van der Waals surface area contributed by atoms with Gasteiger partial charge in [0.25, 0.3) is 0 Å². The van der Waals surface area contributed by atoms with Crippen LogP contribution in [0.25, 0.3) is 0 Å². The van der Waals surface area contributed by atoms with Crippen molar-refractivity contribution >= 4 is 35.7 Å².